The van der Waals surface area contributed by atoms with E-state index in [1.165, 1.54) is 6.92 Å². The van der Waals surface area contributed by atoms with Crippen molar-refractivity contribution in [3.63, 3.8) is 0 Å². The fraction of sp³-hybridized carbons (Fsp3) is 0.200. The summed E-state index contributed by atoms with van der Waals surface area (Å²) in [6.45, 7) is 1.25. The first-order valence-electron chi connectivity index (χ1n) is 4.10. The molecule has 2 N–H and O–H groups in total. The third-order valence-corrected chi connectivity index (χ3v) is 1.96. The number of hydrogen-bond acceptors (Lipinski definition) is 3. The van der Waals surface area contributed by atoms with Crippen LogP contribution >= 0.6 is 0 Å². The topological polar surface area (TPSA) is 66.9 Å². The second-order valence-electron chi connectivity index (χ2n) is 3.00. The molecule has 0 radical (unpaired) electrons. The van der Waals surface area contributed by atoms with Gasteiger partial charge in [-0.25, -0.2) is 8.78 Å². The second-order valence-corrected chi connectivity index (χ2v) is 3.00. The highest BCUT2D eigenvalue weighted by atomic mass is 19.3. The van der Waals surface area contributed by atoms with Crippen LogP contribution in [-0.2, 0) is 0 Å². The number of anilines is 1. The molecule has 0 saturated carbocycles. The zero-order chi connectivity index (χ0) is 11.6. The number of hydrogen-bond donors (Lipinski definition) is 1. The molecule has 5 heteroatoms. The fourth-order valence-corrected chi connectivity index (χ4v) is 1.21. The smallest absolute Gasteiger partial charge is 0.265 e. The number of nitrogen functional groups attached to an aromatic ring is 1. The van der Waals surface area contributed by atoms with Gasteiger partial charge in [-0.1, -0.05) is 0 Å². The standard InChI is InChI=1S/C10H8F2N2O/c1-5(15)7-3-9(14)8(10(11)12)2-6(7)4-13/h2-3,10H,14H2,1H3. The molecule has 0 aliphatic carbocycles. The van der Waals surface area contributed by atoms with Gasteiger partial charge in [0.2, 0.25) is 0 Å². The molecule has 78 valence electrons. The van der Waals surface area contributed by atoms with Gasteiger partial charge in [-0.2, -0.15) is 5.26 Å². The lowest BCUT2D eigenvalue weighted by atomic mass is 10.0. The van der Waals surface area contributed by atoms with Crippen LogP contribution in [0, 0.1) is 11.3 Å². The number of nitriles is 1. The summed E-state index contributed by atoms with van der Waals surface area (Å²) in [5, 5.41) is 8.68. The molecule has 1 aromatic carbocycles. The van der Waals surface area contributed by atoms with Crippen molar-refractivity contribution in [2.24, 2.45) is 0 Å². The van der Waals surface area contributed by atoms with Crippen molar-refractivity contribution in [2.75, 3.05) is 5.73 Å². The molecule has 0 aromatic heterocycles. The summed E-state index contributed by atoms with van der Waals surface area (Å²) in [7, 11) is 0. The van der Waals surface area contributed by atoms with Crippen molar-refractivity contribution in [3.05, 3.63) is 28.8 Å². The van der Waals surface area contributed by atoms with Gasteiger partial charge in [0.25, 0.3) is 6.43 Å². The summed E-state index contributed by atoms with van der Waals surface area (Å²) in [4.78, 5) is 11.1. The van der Waals surface area contributed by atoms with Crippen LogP contribution in [-0.4, -0.2) is 5.78 Å². The molecule has 0 atom stereocenters. The molecular weight excluding hydrogens is 202 g/mol. The van der Waals surface area contributed by atoms with Gasteiger partial charge in [-0.15, -0.1) is 0 Å². The molecule has 0 amide bonds. The predicted octanol–water partition coefficient (Wildman–Crippen LogP) is 2.28. The zero-order valence-corrected chi connectivity index (χ0v) is 7.92. The first-order chi connectivity index (χ1) is 6.97. The Kier molecular flexibility index (Phi) is 3.00. The van der Waals surface area contributed by atoms with E-state index in [-0.39, 0.29) is 22.6 Å². The number of halogens is 2. The molecule has 15 heavy (non-hydrogen) atoms. The Labute approximate surface area is 85.1 Å². The van der Waals surface area contributed by atoms with Crippen LogP contribution in [0.5, 0.6) is 0 Å². The lowest BCUT2D eigenvalue weighted by molar-refractivity contribution is 0.101. The lowest BCUT2D eigenvalue weighted by Crippen LogP contribution is -2.03. The normalized spacial score (nSPS) is 10.1. The molecule has 0 fully saturated rings. The molecule has 1 aromatic rings. The number of carbonyl (C=O) groups excluding carboxylic acids is 1. The fourth-order valence-electron chi connectivity index (χ4n) is 1.21. The first kappa shape index (κ1) is 11.1. The largest absolute Gasteiger partial charge is 0.398 e. The van der Waals surface area contributed by atoms with Crippen LogP contribution in [0.25, 0.3) is 0 Å². The van der Waals surface area contributed by atoms with E-state index < -0.39 is 12.0 Å². The molecule has 0 bridgehead atoms. The van der Waals surface area contributed by atoms with Crippen LogP contribution in [0.4, 0.5) is 14.5 Å². The van der Waals surface area contributed by atoms with Crippen molar-refractivity contribution in [1.82, 2.24) is 0 Å². The van der Waals surface area contributed by atoms with Crippen LogP contribution < -0.4 is 5.73 Å². The van der Waals surface area contributed by atoms with E-state index in [9.17, 15) is 13.6 Å². The van der Waals surface area contributed by atoms with Crippen molar-refractivity contribution in [1.29, 1.82) is 5.26 Å². The van der Waals surface area contributed by atoms with Crippen molar-refractivity contribution < 1.29 is 13.6 Å². The zero-order valence-electron chi connectivity index (χ0n) is 7.92. The average molecular weight is 210 g/mol. The maximum absolute atomic E-state index is 12.4. The molecule has 0 aliphatic heterocycles. The van der Waals surface area contributed by atoms with Crippen molar-refractivity contribution >= 4 is 11.5 Å². The van der Waals surface area contributed by atoms with E-state index in [2.05, 4.69) is 0 Å². The third-order valence-electron chi connectivity index (χ3n) is 1.96. The minimum Gasteiger partial charge on any atom is -0.398 e. The Hall–Kier alpha value is -1.96. The Morgan fingerprint density at radius 3 is 2.53 bits per heavy atom. The van der Waals surface area contributed by atoms with Gasteiger partial charge in [0.05, 0.1) is 11.6 Å². The maximum atomic E-state index is 12.4. The Balaban J connectivity index is 3.44. The second kappa shape index (κ2) is 4.05. The summed E-state index contributed by atoms with van der Waals surface area (Å²) in [5.74, 6) is -0.376. The number of benzene rings is 1. The summed E-state index contributed by atoms with van der Waals surface area (Å²) >= 11 is 0. The average Bonchev–Trinajstić information content (AvgIpc) is 2.16. The Bertz CT molecular complexity index is 449. The molecule has 0 spiro atoms. The molecule has 0 saturated heterocycles. The number of nitrogens with zero attached hydrogens (tertiary/aromatic N) is 1. The van der Waals surface area contributed by atoms with Gasteiger partial charge in [-0.3, -0.25) is 4.79 Å². The lowest BCUT2D eigenvalue weighted by Gasteiger charge is -2.07. The highest BCUT2D eigenvalue weighted by Gasteiger charge is 2.16. The number of alkyl halides is 2. The highest BCUT2D eigenvalue weighted by Crippen LogP contribution is 2.28. The van der Waals surface area contributed by atoms with Gasteiger partial charge >= 0.3 is 0 Å². The molecule has 0 heterocycles. The van der Waals surface area contributed by atoms with Crippen LogP contribution in [0.2, 0.25) is 0 Å². The summed E-state index contributed by atoms with van der Waals surface area (Å²) in [6, 6.07) is 3.76. The SMILES string of the molecule is CC(=O)c1cc(N)c(C(F)F)cc1C#N. The first-order valence-corrected chi connectivity index (χ1v) is 4.10. The number of Topliss-reactive ketones (excluding diaryl/α,β-unsaturated/α-hetero) is 1. The summed E-state index contributed by atoms with van der Waals surface area (Å²) in [5.41, 5.74) is 4.74. The van der Waals surface area contributed by atoms with Gasteiger partial charge in [-0.05, 0) is 19.1 Å². The van der Waals surface area contributed by atoms with E-state index in [1.807, 2.05) is 0 Å². The number of nitrogens with two attached hydrogens (primary N) is 1. The van der Waals surface area contributed by atoms with Gasteiger partial charge in [0, 0.05) is 16.8 Å². The number of rotatable bonds is 2. The van der Waals surface area contributed by atoms with E-state index in [0.717, 1.165) is 12.1 Å². The van der Waals surface area contributed by atoms with Gasteiger partial charge in [0.1, 0.15) is 0 Å². The highest BCUT2D eigenvalue weighted by molar-refractivity contribution is 5.97. The van der Waals surface area contributed by atoms with Crippen LogP contribution in [0.15, 0.2) is 12.1 Å². The molecule has 0 aliphatic rings. The molecule has 3 nitrogen and oxygen atoms in total. The monoisotopic (exact) mass is 210 g/mol. The molecular formula is C10H8F2N2O. The van der Waals surface area contributed by atoms with E-state index >= 15 is 0 Å². The van der Waals surface area contributed by atoms with Crippen molar-refractivity contribution in [3.8, 4) is 6.07 Å². The van der Waals surface area contributed by atoms with E-state index in [4.69, 9.17) is 11.0 Å². The Morgan fingerprint density at radius 2 is 2.13 bits per heavy atom. The minimum atomic E-state index is -2.75. The predicted molar refractivity (Wildman–Crippen MR) is 50.5 cm³/mol. The number of ketones is 1. The quantitative estimate of drug-likeness (QED) is 0.601. The van der Waals surface area contributed by atoms with Crippen LogP contribution in [0.3, 0.4) is 0 Å². The van der Waals surface area contributed by atoms with Gasteiger partial charge < -0.3 is 5.73 Å². The number of carbonyl (C=O) groups is 1. The van der Waals surface area contributed by atoms with Crippen LogP contribution in [0.1, 0.15) is 34.8 Å². The molecule has 1 rings (SSSR count). The summed E-state index contributed by atoms with van der Waals surface area (Å²) < 4.78 is 24.8. The van der Waals surface area contributed by atoms with E-state index in [0.29, 0.717) is 0 Å². The van der Waals surface area contributed by atoms with Gasteiger partial charge in [0.15, 0.2) is 5.78 Å². The Morgan fingerprint density at radius 1 is 1.53 bits per heavy atom. The maximum Gasteiger partial charge on any atom is 0.265 e. The third kappa shape index (κ3) is 2.10. The van der Waals surface area contributed by atoms with E-state index in [1.54, 1.807) is 6.07 Å². The minimum absolute atomic E-state index is 0.0689. The summed E-state index contributed by atoms with van der Waals surface area (Å²) in [6.07, 6.45) is -2.75. The van der Waals surface area contributed by atoms with Crippen molar-refractivity contribution in [2.45, 2.75) is 13.3 Å². The molecule has 0 unspecified atom stereocenters.